The second kappa shape index (κ2) is 4.35. The highest BCUT2D eigenvalue weighted by Crippen LogP contribution is 2.37. The number of carbonyl (C=O) groups is 1. The molecule has 2 rings (SSSR count). The fourth-order valence-corrected chi connectivity index (χ4v) is 2.68. The van der Waals surface area contributed by atoms with Gasteiger partial charge >= 0.3 is 5.97 Å². The molecule has 82 valence electrons. The van der Waals surface area contributed by atoms with Crippen LogP contribution >= 0.6 is 15.9 Å². The fraction of sp³-hybridized carbons (Fsp3) is 0.600. The van der Waals surface area contributed by atoms with Crippen molar-refractivity contribution in [3.05, 3.63) is 15.9 Å². The Balaban J connectivity index is 2.24. The molecule has 4 nitrogen and oxygen atoms in total. The van der Waals surface area contributed by atoms with Gasteiger partial charge in [-0.1, -0.05) is 24.4 Å². The van der Waals surface area contributed by atoms with E-state index in [1.54, 1.807) is 0 Å². The maximum atomic E-state index is 10.8. The van der Waals surface area contributed by atoms with E-state index >= 15 is 0 Å². The molecule has 1 aromatic rings. The second-order valence-corrected chi connectivity index (χ2v) is 4.64. The highest BCUT2D eigenvalue weighted by Gasteiger charge is 2.26. The number of carboxylic acid groups (broad SMARTS) is 1. The van der Waals surface area contributed by atoms with Crippen LogP contribution in [0.15, 0.2) is 9.00 Å². The Kier molecular flexibility index (Phi) is 3.09. The first-order valence-corrected chi connectivity index (χ1v) is 5.88. The largest absolute Gasteiger partial charge is 0.476 e. The standard InChI is InChI=1S/C10H12BrNO3/c11-7-8(10(13)14)12-15-9(7)6-4-2-1-3-5-6/h6H,1-5H2,(H,13,14). The molecule has 0 unspecified atom stereocenters. The van der Waals surface area contributed by atoms with E-state index < -0.39 is 5.97 Å². The van der Waals surface area contributed by atoms with Gasteiger partial charge in [0.1, 0.15) is 0 Å². The Hall–Kier alpha value is -0.840. The lowest BCUT2D eigenvalue weighted by Crippen LogP contribution is -2.04. The van der Waals surface area contributed by atoms with Crippen LogP contribution in [0, 0.1) is 0 Å². The minimum absolute atomic E-state index is 0.0180. The molecule has 1 aliphatic carbocycles. The van der Waals surface area contributed by atoms with Crippen LogP contribution in [0.1, 0.15) is 54.3 Å². The van der Waals surface area contributed by atoms with Crippen molar-refractivity contribution in [3.8, 4) is 0 Å². The lowest BCUT2D eigenvalue weighted by molar-refractivity contribution is 0.0684. The number of rotatable bonds is 2. The average Bonchev–Trinajstić information content (AvgIpc) is 2.61. The average molecular weight is 274 g/mol. The van der Waals surface area contributed by atoms with Crippen molar-refractivity contribution in [2.24, 2.45) is 0 Å². The highest BCUT2D eigenvalue weighted by atomic mass is 79.9. The number of aromatic nitrogens is 1. The van der Waals surface area contributed by atoms with Gasteiger partial charge in [-0.2, -0.15) is 0 Å². The minimum atomic E-state index is -1.05. The summed E-state index contributed by atoms with van der Waals surface area (Å²) in [6, 6.07) is 0. The minimum Gasteiger partial charge on any atom is -0.476 e. The van der Waals surface area contributed by atoms with Crippen molar-refractivity contribution in [3.63, 3.8) is 0 Å². The van der Waals surface area contributed by atoms with Crippen LogP contribution in [0.25, 0.3) is 0 Å². The molecule has 0 amide bonds. The van der Waals surface area contributed by atoms with Gasteiger partial charge in [0, 0.05) is 5.92 Å². The van der Waals surface area contributed by atoms with Crippen LogP contribution in [-0.4, -0.2) is 16.2 Å². The summed E-state index contributed by atoms with van der Waals surface area (Å²) in [4.78, 5) is 10.8. The Morgan fingerprint density at radius 1 is 1.40 bits per heavy atom. The van der Waals surface area contributed by atoms with Gasteiger partial charge in [-0.3, -0.25) is 0 Å². The molecule has 0 bridgehead atoms. The van der Waals surface area contributed by atoms with Crippen LogP contribution in [0.5, 0.6) is 0 Å². The topological polar surface area (TPSA) is 63.3 Å². The number of hydrogen-bond acceptors (Lipinski definition) is 3. The number of carboxylic acids is 1. The molecule has 0 radical (unpaired) electrons. The Morgan fingerprint density at radius 3 is 2.60 bits per heavy atom. The summed E-state index contributed by atoms with van der Waals surface area (Å²) in [5.74, 6) is -0.0199. The third kappa shape index (κ3) is 2.07. The van der Waals surface area contributed by atoms with Gasteiger partial charge in [-0.15, -0.1) is 0 Å². The van der Waals surface area contributed by atoms with Gasteiger partial charge in [0.2, 0.25) is 5.69 Å². The van der Waals surface area contributed by atoms with Crippen molar-refractivity contribution < 1.29 is 14.4 Å². The third-order valence-corrected chi connectivity index (χ3v) is 3.60. The molecule has 1 aromatic heterocycles. The molecule has 0 spiro atoms. The van der Waals surface area contributed by atoms with Crippen molar-refractivity contribution in [1.82, 2.24) is 5.16 Å². The van der Waals surface area contributed by atoms with Crippen LogP contribution in [-0.2, 0) is 0 Å². The molecule has 1 saturated carbocycles. The van der Waals surface area contributed by atoms with E-state index in [1.165, 1.54) is 19.3 Å². The first-order valence-electron chi connectivity index (χ1n) is 5.08. The SMILES string of the molecule is O=C(O)c1noc(C2CCCCC2)c1Br. The van der Waals surface area contributed by atoms with E-state index in [1.807, 2.05) is 0 Å². The predicted molar refractivity (Wildman–Crippen MR) is 57.0 cm³/mol. The number of aromatic carboxylic acids is 1. The zero-order valence-electron chi connectivity index (χ0n) is 8.20. The van der Waals surface area contributed by atoms with E-state index in [2.05, 4.69) is 21.1 Å². The van der Waals surface area contributed by atoms with E-state index in [-0.39, 0.29) is 5.69 Å². The first-order chi connectivity index (χ1) is 7.20. The van der Waals surface area contributed by atoms with Gasteiger partial charge in [0.05, 0.1) is 4.47 Å². The molecule has 1 N–H and O–H groups in total. The summed E-state index contributed by atoms with van der Waals surface area (Å²) in [6.45, 7) is 0. The molecule has 1 heterocycles. The Bertz CT molecular complexity index is 369. The summed E-state index contributed by atoms with van der Waals surface area (Å²) in [5.41, 5.74) is -0.0180. The molecule has 0 saturated heterocycles. The highest BCUT2D eigenvalue weighted by molar-refractivity contribution is 9.10. The van der Waals surface area contributed by atoms with E-state index in [4.69, 9.17) is 9.63 Å². The number of halogens is 1. The summed E-state index contributed by atoms with van der Waals surface area (Å²) in [5, 5.41) is 12.4. The Labute approximate surface area is 95.8 Å². The Morgan fingerprint density at radius 2 is 2.07 bits per heavy atom. The molecule has 1 fully saturated rings. The summed E-state index contributed by atoms with van der Waals surface area (Å²) in [7, 11) is 0. The van der Waals surface area contributed by atoms with Crippen molar-refractivity contribution in [2.75, 3.05) is 0 Å². The van der Waals surface area contributed by atoms with Gasteiger partial charge in [0.25, 0.3) is 0 Å². The molecule has 1 aliphatic rings. The quantitative estimate of drug-likeness (QED) is 0.899. The molecule has 0 aromatic carbocycles. The van der Waals surface area contributed by atoms with Gasteiger partial charge in [-0.25, -0.2) is 4.79 Å². The van der Waals surface area contributed by atoms with Gasteiger partial charge in [-0.05, 0) is 28.8 Å². The fourth-order valence-electron chi connectivity index (χ4n) is 2.04. The predicted octanol–water partition coefficient (Wildman–Crippen LogP) is 3.18. The number of hydrogen-bond donors (Lipinski definition) is 1. The zero-order chi connectivity index (χ0) is 10.8. The van der Waals surface area contributed by atoms with Crippen LogP contribution < -0.4 is 0 Å². The maximum Gasteiger partial charge on any atom is 0.359 e. The molecule has 15 heavy (non-hydrogen) atoms. The monoisotopic (exact) mass is 273 g/mol. The van der Waals surface area contributed by atoms with Crippen LogP contribution in [0.2, 0.25) is 0 Å². The van der Waals surface area contributed by atoms with Crippen LogP contribution in [0.4, 0.5) is 0 Å². The van der Waals surface area contributed by atoms with Crippen molar-refractivity contribution in [2.45, 2.75) is 38.0 Å². The first kappa shape index (κ1) is 10.7. The summed E-state index contributed by atoms with van der Waals surface area (Å²) < 4.78 is 5.63. The molecular weight excluding hydrogens is 262 g/mol. The van der Waals surface area contributed by atoms with Crippen LogP contribution in [0.3, 0.4) is 0 Å². The lowest BCUT2D eigenvalue weighted by Gasteiger charge is -2.18. The third-order valence-electron chi connectivity index (χ3n) is 2.84. The zero-order valence-corrected chi connectivity index (χ0v) is 9.79. The molecule has 5 heteroatoms. The number of nitrogens with zero attached hydrogens (tertiary/aromatic N) is 1. The lowest BCUT2D eigenvalue weighted by atomic mass is 9.87. The van der Waals surface area contributed by atoms with E-state index in [9.17, 15) is 4.79 Å². The summed E-state index contributed by atoms with van der Waals surface area (Å²) >= 11 is 3.25. The van der Waals surface area contributed by atoms with E-state index in [0.717, 1.165) is 12.8 Å². The van der Waals surface area contributed by atoms with Crippen molar-refractivity contribution in [1.29, 1.82) is 0 Å². The molecule has 0 aliphatic heterocycles. The van der Waals surface area contributed by atoms with Gasteiger partial charge < -0.3 is 9.63 Å². The maximum absolute atomic E-state index is 10.8. The second-order valence-electron chi connectivity index (χ2n) is 3.85. The summed E-state index contributed by atoms with van der Waals surface area (Å²) in [6.07, 6.45) is 5.74. The molecular formula is C10H12BrNO3. The smallest absolute Gasteiger partial charge is 0.359 e. The van der Waals surface area contributed by atoms with Gasteiger partial charge in [0.15, 0.2) is 5.76 Å². The van der Waals surface area contributed by atoms with E-state index in [0.29, 0.717) is 16.2 Å². The normalized spacial score (nSPS) is 17.9. The van der Waals surface area contributed by atoms with Crippen molar-refractivity contribution >= 4 is 21.9 Å². The molecule has 0 atom stereocenters.